The van der Waals surface area contributed by atoms with Crippen LogP contribution in [0.15, 0.2) is 39.7 Å². The Morgan fingerprint density at radius 2 is 2.00 bits per heavy atom. The summed E-state index contributed by atoms with van der Waals surface area (Å²) >= 11 is 1.06. The summed E-state index contributed by atoms with van der Waals surface area (Å²) in [6.07, 6.45) is 2.55. The Morgan fingerprint density at radius 3 is 2.60 bits per heavy atom. The lowest BCUT2D eigenvalue weighted by Crippen LogP contribution is -2.35. The third kappa shape index (κ3) is 4.67. The molecular weight excluding hydrogens is 402 g/mol. The fourth-order valence-electron chi connectivity index (χ4n) is 3.41. The van der Waals surface area contributed by atoms with Crippen molar-refractivity contribution in [2.24, 2.45) is 11.3 Å². The van der Waals surface area contributed by atoms with Gasteiger partial charge in [0.15, 0.2) is 11.6 Å². The highest BCUT2D eigenvalue weighted by atomic mass is 32.1. The highest BCUT2D eigenvalue weighted by molar-refractivity contribution is 6.99. The number of aliphatic hydroxyl groups excluding tert-OH is 1. The minimum atomic E-state index is -0.192. The molecule has 1 unspecified atom stereocenters. The lowest BCUT2D eigenvalue weighted by atomic mass is 9.71. The van der Waals surface area contributed by atoms with Crippen molar-refractivity contribution in [2.75, 3.05) is 24.7 Å². The third-order valence-corrected chi connectivity index (χ3v) is 5.59. The van der Waals surface area contributed by atoms with Gasteiger partial charge in [-0.15, -0.1) is 0 Å². The molecule has 0 saturated heterocycles. The van der Waals surface area contributed by atoms with E-state index < -0.39 is 0 Å². The molecule has 1 aliphatic rings. The molecule has 0 saturated carbocycles. The topological polar surface area (TPSA) is 104 Å². The number of hydrogen-bond donors (Lipinski definition) is 3. The Morgan fingerprint density at radius 1 is 1.30 bits per heavy atom. The summed E-state index contributed by atoms with van der Waals surface area (Å²) in [7, 11) is 3.38. The number of aliphatic hydroxyl groups is 1. The van der Waals surface area contributed by atoms with Gasteiger partial charge in [-0.3, -0.25) is 4.79 Å². The second kappa shape index (κ2) is 8.51. The van der Waals surface area contributed by atoms with Crippen LogP contribution in [0.5, 0.6) is 0 Å². The number of anilines is 2. The number of carbonyl (C=O) groups excluding carboxylic acids is 1. The summed E-state index contributed by atoms with van der Waals surface area (Å²) in [5.41, 5.74) is 0.708. The van der Waals surface area contributed by atoms with Gasteiger partial charge in [-0.2, -0.15) is 8.75 Å². The molecule has 0 fully saturated rings. The zero-order valence-corrected chi connectivity index (χ0v) is 19.1. The first-order valence-electron chi connectivity index (χ1n) is 9.82. The maximum absolute atomic E-state index is 12.8. The quantitative estimate of drug-likeness (QED) is 0.626. The second-order valence-electron chi connectivity index (χ2n) is 8.69. The number of carbonyl (C=O) groups is 1. The Bertz CT molecular complexity index is 981. The van der Waals surface area contributed by atoms with Crippen molar-refractivity contribution in [3.05, 3.63) is 46.8 Å². The molecule has 1 aliphatic carbocycles. The molecule has 8 nitrogen and oxygen atoms in total. The number of nitrogens with zero attached hydrogens (tertiary/aromatic N) is 3. The lowest BCUT2D eigenvalue weighted by Gasteiger charge is -2.35. The first-order valence-corrected chi connectivity index (χ1v) is 10.5. The minimum absolute atomic E-state index is 0.0412. The number of rotatable bonds is 6. The van der Waals surface area contributed by atoms with Crippen molar-refractivity contribution in [1.29, 1.82) is 0 Å². The molecule has 0 aromatic carbocycles. The number of nitrogens with one attached hydrogen (secondary N) is 2. The van der Waals surface area contributed by atoms with Gasteiger partial charge >= 0.3 is 0 Å². The Balaban J connectivity index is 1.82. The molecular formula is C21H29N5O3S. The predicted octanol–water partition coefficient (Wildman–Crippen LogP) is 4.31. The van der Waals surface area contributed by atoms with Gasteiger partial charge in [-0.1, -0.05) is 26.8 Å². The van der Waals surface area contributed by atoms with Crippen LogP contribution in [0.25, 0.3) is 0 Å². The van der Waals surface area contributed by atoms with E-state index in [1.165, 1.54) is 4.90 Å². The van der Waals surface area contributed by atoms with Crippen LogP contribution in [0, 0.1) is 18.3 Å². The van der Waals surface area contributed by atoms with Crippen molar-refractivity contribution >= 4 is 29.3 Å². The lowest BCUT2D eigenvalue weighted by molar-refractivity contribution is -0.126. The second-order valence-corrected chi connectivity index (χ2v) is 9.21. The maximum atomic E-state index is 12.8. The van der Waals surface area contributed by atoms with Gasteiger partial charge in [0.05, 0.1) is 29.5 Å². The van der Waals surface area contributed by atoms with E-state index in [1.807, 2.05) is 25.1 Å². The third-order valence-electron chi connectivity index (χ3n) is 5.07. The molecule has 2 aromatic heterocycles. The molecule has 1 amide bonds. The van der Waals surface area contributed by atoms with E-state index in [4.69, 9.17) is 4.42 Å². The molecule has 9 heteroatoms. The van der Waals surface area contributed by atoms with Crippen molar-refractivity contribution in [2.45, 2.75) is 40.7 Å². The van der Waals surface area contributed by atoms with E-state index >= 15 is 0 Å². The van der Waals surface area contributed by atoms with Crippen molar-refractivity contribution in [3.8, 4) is 0 Å². The molecule has 0 aliphatic heterocycles. The van der Waals surface area contributed by atoms with Crippen molar-refractivity contribution < 1.29 is 14.3 Å². The molecule has 0 bridgehead atoms. The minimum Gasteiger partial charge on any atom is -0.505 e. The van der Waals surface area contributed by atoms with Crippen LogP contribution in [0.4, 0.5) is 11.6 Å². The van der Waals surface area contributed by atoms with Crippen LogP contribution in [0.3, 0.4) is 0 Å². The smallest absolute Gasteiger partial charge is 0.253 e. The van der Waals surface area contributed by atoms with Crippen LogP contribution in [0.1, 0.15) is 38.7 Å². The summed E-state index contributed by atoms with van der Waals surface area (Å²) in [6, 6.07) is 3.80. The maximum Gasteiger partial charge on any atom is 0.253 e. The van der Waals surface area contributed by atoms with Crippen molar-refractivity contribution in [1.82, 2.24) is 13.6 Å². The van der Waals surface area contributed by atoms with Gasteiger partial charge < -0.3 is 25.1 Å². The summed E-state index contributed by atoms with van der Waals surface area (Å²) < 4.78 is 14.1. The molecule has 3 rings (SSSR count). The largest absolute Gasteiger partial charge is 0.505 e. The van der Waals surface area contributed by atoms with E-state index in [9.17, 15) is 9.90 Å². The number of amides is 1. The molecule has 2 aromatic rings. The first-order chi connectivity index (χ1) is 14.1. The standard InChI is InChI=1S/C21H29N5O3S/c1-12-7-8-13(29-12)11-22-18-19(25-30-24-18)23-15-10-9-14(21(2,3)4)16(17(15)27)20(28)26(5)6/h7-8,10,14,27H,9,11H2,1-6H3,(H,22,24)(H,23,25). The fraction of sp³-hybridized carbons (Fsp3) is 0.476. The zero-order chi connectivity index (χ0) is 22.1. The summed E-state index contributed by atoms with van der Waals surface area (Å²) in [4.78, 5) is 14.3. The van der Waals surface area contributed by atoms with Gasteiger partial charge in [0.2, 0.25) is 0 Å². The Labute approximate surface area is 181 Å². The van der Waals surface area contributed by atoms with Gasteiger partial charge in [0, 0.05) is 20.0 Å². The molecule has 162 valence electrons. The van der Waals surface area contributed by atoms with E-state index in [1.54, 1.807) is 14.1 Å². The first kappa shape index (κ1) is 21.9. The SMILES string of the molecule is Cc1ccc(CNc2nsnc2NC2=CCC(C(C)(C)C)C(C(=O)N(C)C)=C2O)o1. The number of aromatic nitrogens is 2. The van der Waals surface area contributed by atoms with Crippen LogP contribution < -0.4 is 10.6 Å². The van der Waals surface area contributed by atoms with Crippen LogP contribution in [-0.2, 0) is 11.3 Å². The highest BCUT2D eigenvalue weighted by Gasteiger charge is 2.37. The summed E-state index contributed by atoms with van der Waals surface area (Å²) in [5, 5.41) is 17.3. The molecule has 2 heterocycles. The Kier molecular flexibility index (Phi) is 6.21. The van der Waals surface area contributed by atoms with Crippen LogP contribution in [0.2, 0.25) is 0 Å². The van der Waals surface area contributed by atoms with Gasteiger partial charge in [0.1, 0.15) is 17.3 Å². The number of aryl methyl sites for hydroxylation is 1. The number of furan rings is 1. The normalized spacial score (nSPS) is 17.0. The van der Waals surface area contributed by atoms with Gasteiger partial charge in [-0.25, -0.2) is 0 Å². The number of allylic oxidation sites excluding steroid dienone is 1. The number of hydrogen-bond acceptors (Lipinski definition) is 8. The van der Waals surface area contributed by atoms with Crippen molar-refractivity contribution in [3.63, 3.8) is 0 Å². The summed E-state index contributed by atoms with van der Waals surface area (Å²) in [6.45, 7) is 8.57. The van der Waals surface area contributed by atoms with E-state index in [-0.39, 0.29) is 23.0 Å². The molecule has 0 spiro atoms. The molecule has 1 atom stereocenters. The summed E-state index contributed by atoms with van der Waals surface area (Å²) in [5.74, 6) is 2.36. The van der Waals surface area contributed by atoms with Crippen LogP contribution >= 0.6 is 11.7 Å². The Hall–Kier alpha value is -2.81. The van der Waals surface area contributed by atoms with Gasteiger partial charge in [-0.05, 0) is 30.9 Å². The monoisotopic (exact) mass is 431 g/mol. The predicted molar refractivity (Wildman–Crippen MR) is 118 cm³/mol. The zero-order valence-electron chi connectivity index (χ0n) is 18.2. The number of likely N-dealkylation sites (N-methyl/N-ethyl adjacent to an activating group) is 1. The molecule has 0 radical (unpaired) electrons. The van der Waals surface area contributed by atoms with E-state index in [0.29, 0.717) is 35.9 Å². The van der Waals surface area contributed by atoms with E-state index in [0.717, 1.165) is 23.2 Å². The molecule has 30 heavy (non-hydrogen) atoms. The average molecular weight is 432 g/mol. The highest BCUT2D eigenvalue weighted by Crippen LogP contribution is 2.41. The van der Waals surface area contributed by atoms with E-state index in [2.05, 4.69) is 40.2 Å². The molecule has 3 N–H and O–H groups in total. The fourth-order valence-corrected chi connectivity index (χ4v) is 3.90. The average Bonchev–Trinajstić information content (AvgIpc) is 3.28. The van der Waals surface area contributed by atoms with Gasteiger partial charge in [0.25, 0.3) is 5.91 Å². The van der Waals surface area contributed by atoms with Crippen LogP contribution in [-0.4, -0.2) is 38.8 Å².